The molecule has 0 bridgehead atoms. The van der Waals surface area contributed by atoms with Gasteiger partial charge in [-0.2, -0.15) is 0 Å². The molecular weight excluding hydrogens is 326 g/mol. The van der Waals surface area contributed by atoms with Crippen molar-refractivity contribution in [1.82, 2.24) is 4.90 Å². The Balaban J connectivity index is 2.33. The summed E-state index contributed by atoms with van der Waals surface area (Å²) in [4.78, 5) is 28.7. The first-order valence-corrected chi connectivity index (χ1v) is 9.65. The van der Waals surface area contributed by atoms with Gasteiger partial charge in [0, 0.05) is 50.4 Å². The summed E-state index contributed by atoms with van der Waals surface area (Å²) in [6, 6.07) is 6.11. The van der Waals surface area contributed by atoms with Gasteiger partial charge in [-0.25, -0.2) is 0 Å². The first-order valence-electron chi connectivity index (χ1n) is 9.65. The largest absolute Gasteiger partial charge is 0.377 e. The molecule has 1 aromatic rings. The van der Waals surface area contributed by atoms with Gasteiger partial charge in [-0.05, 0) is 49.4 Å². The molecule has 0 spiro atoms. The molecule has 1 atom stereocenters. The van der Waals surface area contributed by atoms with Crippen LogP contribution in [0, 0.1) is 11.8 Å². The van der Waals surface area contributed by atoms with Gasteiger partial charge in [0.05, 0.1) is 0 Å². The molecule has 1 fully saturated rings. The summed E-state index contributed by atoms with van der Waals surface area (Å²) in [7, 11) is 4.00. The number of anilines is 2. The van der Waals surface area contributed by atoms with Crippen LogP contribution in [0.1, 0.15) is 52.5 Å². The van der Waals surface area contributed by atoms with E-state index in [9.17, 15) is 9.59 Å². The number of hydrogen-bond acceptors (Lipinski definition) is 3. The van der Waals surface area contributed by atoms with Gasteiger partial charge in [-0.15, -0.1) is 0 Å². The van der Waals surface area contributed by atoms with Crippen molar-refractivity contribution in [2.75, 3.05) is 24.3 Å². The number of carbonyl (C=O) groups is 2. The maximum atomic E-state index is 12.9. The van der Waals surface area contributed by atoms with E-state index < -0.39 is 0 Å². The van der Waals surface area contributed by atoms with Crippen molar-refractivity contribution >= 4 is 23.2 Å². The summed E-state index contributed by atoms with van der Waals surface area (Å²) < 4.78 is 0. The Morgan fingerprint density at radius 3 is 2.35 bits per heavy atom. The topological polar surface area (TPSA) is 52.7 Å². The van der Waals surface area contributed by atoms with E-state index in [4.69, 9.17) is 0 Å². The zero-order valence-electron chi connectivity index (χ0n) is 17.0. The molecule has 5 nitrogen and oxygen atoms in total. The highest BCUT2D eigenvalue weighted by molar-refractivity contribution is 5.91. The number of rotatable bonds is 8. The Bertz CT molecular complexity index is 651. The molecule has 1 aliphatic rings. The molecule has 5 heteroatoms. The SMILES string of the molecule is CCC(=O)Nc1ccc(N(C)C)c(CN(C(=O)C2CC2)[C@H](C)C(C)C)c1. The van der Waals surface area contributed by atoms with Gasteiger partial charge in [-0.1, -0.05) is 20.8 Å². The van der Waals surface area contributed by atoms with Gasteiger partial charge < -0.3 is 15.1 Å². The Morgan fingerprint density at radius 1 is 1.19 bits per heavy atom. The maximum Gasteiger partial charge on any atom is 0.226 e. The second-order valence-corrected chi connectivity index (χ2v) is 7.86. The molecule has 0 unspecified atom stereocenters. The number of carbonyl (C=O) groups excluding carboxylic acids is 2. The van der Waals surface area contributed by atoms with Crippen molar-refractivity contribution in [3.8, 4) is 0 Å². The van der Waals surface area contributed by atoms with Crippen LogP contribution in [0.2, 0.25) is 0 Å². The van der Waals surface area contributed by atoms with Crippen molar-refractivity contribution in [3.05, 3.63) is 23.8 Å². The molecule has 1 saturated carbocycles. The minimum atomic E-state index is -0.00462. The zero-order chi connectivity index (χ0) is 19.4. The predicted molar refractivity (Wildman–Crippen MR) is 107 cm³/mol. The van der Waals surface area contributed by atoms with E-state index in [1.807, 2.05) is 44.1 Å². The third-order valence-corrected chi connectivity index (χ3v) is 5.17. The average Bonchev–Trinajstić information content (AvgIpc) is 3.43. The normalized spacial score (nSPS) is 14.9. The third kappa shape index (κ3) is 4.99. The number of hydrogen-bond donors (Lipinski definition) is 1. The van der Waals surface area contributed by atoms with Crippen molar-refractivity contribution in [1.29, 1.82) is 0 Å². The molecule has 144 valence electrons. The fourth-order valence-electron chi connectivity index (χ4n) is 3.01. The fraction of sp³-hybridized carbons (Fsp3) is 0.619. The highest BCUT2D eigenvalue weighted by Gasteiger charge is 2.36. The van der Waals surface area contributed by atoms with Crippen LogP contribution in [-0.4, -0.2) is 36.9 Å². The van der Waals surface area contributed by atoms with Crippen molar-refractivity contribution in [2.45, 2.75) is 59.5 Å². The molecule has 0 radical (unpaired) electrons. The monoisotopic (exact) mass is 359 g/mol. The summed E-state index contributed by atoms with van der Waals surface area (Å²) in [6.45, 7) is 8.84. The molecular formula is C21H33N3O2. The van der Waals surface area contributed by atoms with Crippen LogP contribution in [0.4, 0.5) is 11.4 Å². The van der Waals surface area contributed by atoms with Gasteiger partial charge in [0.1, 0.15) is 0 Å². The molecule has 2 rings (SSSR count). The standard InChI is InChI=1S/C21H33N3O2/c1-7-20(25)22-18-10-11-19(23(5)6)17(12-18)13-24(15(4)14(2)3)21(26)16-8-9-16/h10-12,14-16H,7-9,13H2,1-6H3,(H,22,25)/t15-/m1/s1. The number of benzene rings is 1. The van der Waals surface area contributed by atoms with Crippen LogP contribution in [0.15, 0.2) is 18.2 Å². The Morgan fingerprint density at radius 2 is 1.85 bits per heavy atom. The first-order chi connectivity index (χ1) is 12.2. The molecule has 1 N–H and O–H groups in total. The van der Waals surface area contributed by atoms with Crippen LogP contribution in [0.5, 0.6) is 0 Å². The molecule has 1 aromatic carbocycles. The van der Waals surface area contributed by atoms with Gasteiger partial charge in [0.2, 0.25) is 11.8 Å². The summed E-state index contributed by atoms with van der Waals surface area (Å²) in [5, 5.41) is 2.93. The highest BCUT2D eigenvalue weighted by Crippen LogP contribution is 2.34. The third-order valence-electron chi connectivity index (χ3n) is 5.17. The molecule has 0 heterocycles. The molecule has 1 aliphatic carbocycles. The summed E-state index contributed by atoms with van der Waals surface area (Å²) in [5.41, 5.74) is 2.92. The van der Waals surface area contributed by atoms with Crippen molar-refractivity contribution < 1.29 is 9.59 Å². The lowest BCUT2D eigenvalue weighted by Crippen LogP contribution is -2.42. The van der Waals surface area contributed by atoms with Crippen LogP contribution in [0.25, 0.3) is 0 Å². The molecule has 26 heavy (non-hydrogen) atoms. The minimum absolute atomic E-state index is 0.00462. The van der Waals surface area contributed by atoms with E-state index in [1.165, 1.54) is 0 Å². The van der Waals surface area contributed by atoms with E-state index in [-0.39, 0.29) is 23.8 Å². The van der Waals surface area contributed by atoms with Gasteiger partial charge in [-0.3, -0.25) is 9.59 Å². The summed E-state index contributed by atoms with van der Waals surface area (Å²) >= 11 is 0. The highest BCUT2D eigenvalue weighted by atomic mass is 16.2. The van der Waals surface area contributed by atoms with Crippen molar-refractivity contribution in [2.24, 2.45) is 11.8 Å². The molecule has 2 amide bonds. The number of nitrogens with one attached hydrogen (secondary N) is 1. The quantitative estimate of drug-likeness (QED) is 0.766. The zero-order valence-corrected chi connectivity index (χ0v) is 17.0. The van der Waals surface area contributed by atoms with Crippen LogP contribution in [0.3, 0.4) is 0 Å². The van der Waals surface area contributed by atoms with E-state index in [1.54, 1.807) is 0 Å². The lowest BCUT2D eigenvalue weighted by atomic mass is 10.0. The summed E-state index contributed by atoms with van der Waals surface area (Å²) in [5.74, 6) is 0.847. The van der Waals surface area contributed by atoms with E-state index in [2.05, 4.69) is 31.0 Å². The lowest BCUT2D eigenvalue weighted by molar-refractivity contribution is -0.136. The van der Waals surface area contributed by atoms with Crippen LogP contribution >= 0.6 is 0 Å². The van der Waals surface area contributed by atoms with Gasteiger partial charge >= 0.3 is 0 Å². The predicted octanol–water partition coefficient (Wildman–Crippen LogP) is 3.88. The first kappa shape index (κ1) is 20.3. The molecule has 0 aliphatic heterocycles. The van der Waals surface area contributed by atoms with Gasteiger partial charge in [0.15, 0.2) is 0 Å². The Hall–Kier alpha value is -2.04. The lowest BCUT2D eigenvalue weighted by Gasteiger charge is -2.33. The maximum absolute atomic E-state index is 12.9. The Labute approximate surface area is 157 Å². The number of nitrogens with zero attached hydrogens (tertiary/aromatic N) is 2. The number of amides is 2. The smallest absolute Gasteiger partial charge is 0.226 e. The van der Waals surface area contributed by atoms with Crippen molar-refractivity contribution in [3.63, 3.8) is 0 Å². The second-order valence-electron chi connectivity index (χ2n) is 7.86. The second kappa shape index (κ2) is 8.56. The van der Waals surface area contributed by atoms with E-state index >= 15 is 0 Å². The molecule has 0 aromatic heterocycles. The average molecular weight is 360 g/mol. The van der Waals surface area contributed by atoms with Crippen LogP contribution in [-0.2, 0) is 16.1 Å². The minimum Gasteiger partial charge on any atom is -0.377 e. The Kier molecular flexibility index (Phi) is 6.68. The van der Waals surface area contributed by atoms with E-state index in [0.29, 0.717) is 18.9 Å². The van der Waals surface area contributed by atoms with Gasteiger partial charge in [0.25, 0.3) is 0 Å². The van der Waals surface area contributed by atoms with E-state index in [0.717, 1.165) is 29.8 Å². The van der Waals surface area contributed by atoms with Crippen LogP contribution < -0.4 is 10.2 Å². The molecule has 0 saturated heterocycles. The summed E-state index contributed by atoms with van der Waals surface area (Å²) in [6.07, 6.45) is 2.46. The fourth-order valence-corrected chi connectivity index (χ4v) is 3.01.